The molecule has 4 aromatic rings. The highest BCUT2D eigenvalue weighted by Crippen LogP contribution is 2.34. The second-order valence-electron chi connectivity index (χ2n) is 4.35. The van der Waals surface area contributed by atoms with Crippen LogP contribution in [0.25, 0.3) is 22.1 Å². The first-order valence-electron chi connectivity index (χ1n) is 6.23. The summed E-state index contributed by atoms with van der Waals surface area (Å²) in [7, 11) is 0. The number of ether oxygens (including phenoxy) is 1. The molecular formula is C15H8ClN3O2. The molecule has 0 radical (unpaired) electrons. The number of para-hydroxylation sites is 1. The second kappa shape index (κ2) is 4.71. The Labute approximate surface area is 124 Å². The number of fused-ring (bicyclic) bond motifs is 3. The Kier molecular flexibility index (Phi) is 2.72. The number of hydrogen-bond acceptors (Lipinski definition) is 5. The van der Waals surface area contributed by atoms with Gasteiger partial charge in [-0.3, -0.25) is 0 Å². The van der Waals surface area contributed by atoms with Crippen LogP contribution in [0.15, 0.2) is 53.3 Å². The van der Waals surface area contributed by atoms with Crippen molar-refractivity contribution in [3.8, 4) is 11.6 Å². The first-order valence-corrected chi connectivity index (χ1v) is 6.61. The zero-order chi connectivity index (χ0) is 14.2. The van der Waals surface area contributed by atoms with Crippen molar-refractivity contribution in [1.29, 1.82) is 0 Å². The lowest BCUT2D eigenvalue weighted by Gasteiger charge is -2.05. The number of nitrogens with zero attached hydrogens (tertiary/aromatic N) is 3. The molecule has 0 spiro atoms. The Morgan fingerprint density at radius 3 is 2.81 bits per heavy atom. The van der Waals surface area contributed by atoms with E-state index in [4.69, 9.17) is 20.8 Å². The third-order valence-corrected chi connectivity index (χ3v) is 3.34. The molecule has 6 heteroatoms. The summed E-state index contributed by atoms with van der Waals surface area (Å²) in [5.41, 5.74) is 1.92. The van der Waals surface area contributed by atoms with Gasteiger partial charge in [0.05, 0.1) is 0 Å². The first-order chi connectivity index (χ1) is 10.3. The van der Waals surface area contributed by atoms with Gasteiger partial charge in [-0.1, -0.05) is 23.7 Å². The van der Waals surface area contributed by atoms with Crippen LogP contribution >= 0.6 is 11.6 Å². The second-order valence-corrected chi connectivity index (χ2v) is 4.71. The van der Waals surface area contributed by atoms with E-state index in [0.717, 1.165) is 11.0 Å². The van der Waals surface area contributed by atoms with Crippen LogP contribution in [0.3, 0.4) is 0 Å². The number of furan rings is 1. The fraction of sp³-hybridized carbons (Fsp3) is 0. The molecular weight excluding hydrogens is 290 g/mol. The maximum atomic E-state index is 5.99. The standard InChI is InChI=1S/C15H8ClN3O2/c16-14-11(6-3-7-17-14)21-15-13-12(18-8-19-15)9-4-1-2-5-10(9)20-13/h1-8H. The highest BCUT2D eigenvalue weighted by molar-refractivity contribution is 6.30. The monoisotopic (exact) mass is 297 g/mol. The molecule has 5 nitrogen and oxygen atoms in total. The van der Waals surface area contributed by atoms with Crippen molar-refractivity contribution in [1.82, 2.24) is 15.0 Å². The minimum absolute atomic E-state index is 0.264. The first kappa shape index (κ1) is 12.1. The molecule has 0 bridgehead atoms. The Morgan fingerprint density at radius 2 is 1.90 bits per heavy atom. The van der Waals surface area contributed by atoms with Crippen molar-refractivity contribution in [2.45, 2.75) is 0 Å². The topological polar surface area (TPSA) is 61.0 Å². The van der Waals surface area contributed by atoms with Crippen LogP contribution in [0.1, 0.15) is 0 Å². The van der Waals surface area contributed by atoms with Gasteiger partial charge in [-0.2, -0.15) is 4.98 Å². The van der Waals surface area contributed by atoms with Crippen LogP contribution in [0.4, 0.5) is 0 Å². The molecule has 102 valence electrons. The summed E-state index contributed by atoms with van der Waals surface area (Å²) in [4.78, 5) is 12.4. The summed E-state index contributed by atoms with van der Waals surface area (Å²) in [6.07, 6.45) is 3.02. The highest BCUT2D eigenvalue weighted by atomic mass is 35.5. The zero-order valence-electron chi connectivity index (χ0n) is 10.7. The molecule has 0 saturated heterocycles. The van der Waals surface area contributed by atoms with Crippen molar-refractivity contribution < 1.29 is 9.15 Å². The number of hydrogen-bond donors (Lipinski definition) is 0. The summed E-state index contributed by atoms with van der Waals surface area (Å²) in [5.74, 6) is 0.728. The van der Waals surface area contributed by atoms with Crippen LogP contribution in [-0.2, 0) is 0 Å². The molecule has 0 aliphatic heterocycles. The normalized spacial score (nSPS) is 11.1. The number of rotatable bonds is 2. The van der Waals surface area contributed by atoms with Gasteiger partial charge in [0, 0.05) is 11.6 Å². The van der Waals surface area contributed by atoms with E-state index in [-0.39, 0.29) is 5.15 Å². The van der Waals surface area contributed by atoms with Crippen LogP contribution in [0, 0.1) is 0 Å². The lowest BCUT2D eigenvalue weighted by molar-refractivity contribution is 0.454. The van der Waals surface area contributed by atoms with Gasteiger partial charge in [0.25, 0.3) is 5.88 Å². The van der Waals surface area contributed by atoms with Gasteiger partial charge in [-0.05, 0) is 24.3 Å². The number of halogens is 1. The van der Waals surface area contributed by atoms with E-state index in [1.165, 1.54) is 6.33 Å². The van der Waals surface area contributed by atoms with Crippen molar-refractivity contribution in [2.75, 3.05) is 0 Å². The average molecular weight is 298 g/mol. The fourth-order valence-corrected chi connectivity index (χ4v) is 2.28. The summed E-state index contributed by atoms with van der Waals surface area (Å²) in [6.45, 7) is 0. The molecule has 4 rings (SSSR count). The zero-order valence-corrected chi connectivity index (χ0v) is 11.4. The summed E-state index contributed by atoms with van der Waals surface area (Å²) < 4.78 is 11.5. The third kappa shape index (κ3) is 1.98. The van der Waals surface area contributed by atoms with Gasteiger partial charge in [0.1, 0.15) is 17.4 Å². The smallest absolute Gasteiger partial charge is 0.267 e. The number of pyridine rings is 1. The van der Waals surface area contributed by atoms with Crippen molar-refractivity contribution in [3.05, 3.63) is 54.1 Å². The SMILES string of the molecule is Clc1ncccc1Oc1ncnc2c1oc1ccccc12. The van der Waals surface area contributed by atoms with Gasteiger partial charge >= 0.3 is 0 Å². The quantitative estimate of drug-likeness (QED) is 0.518. The lowest BCUT2D eigenvalue weighted by atomic mass is 10.2. The molecule has 0 amide bonds. The minimum Gasteiger partial charge on any atom is -0.449 e. The Bertz CT molecular complexity index is 952. The predicted molar refractivity (Wildman–Crippen MR) is 78.6 cm³/mol. The summed E-state index contributed by atoms with van der Waals surface area (Å²) >= 11 is 5.99. The average Bonchev–Trinajstić information content (AvgIpc) is 2.89. The van der Waals surface area contributed by atoms with E-state index in [9.17, 15) is 0 Å². The largest absolute Gasteiger partial charge is 0.449 e. The van der Waals surface area contributed by atoms with Crippen molar-refractivity contribution in [2.24, 2.45) is 0 Å². The fourth-order valence-electron chi connectivity index (χ4n) is 2.13. The highest BCUT2D eigenvalue weighted by Gasteiger charge is 2.15. The predicted octanol–water partition coefficient (Wildman–Crippen LogP) is 4.22. The molecule has 0 fully saturated rings. The number of benzene rings is 1. The van der Waals surface area contributed by atoms with Crippen LogP contribution in [0.2, 0.25) is 5.15 Å². The Morgan fingerprint density at radius 1 is 1.00 bits per heavy atom. The molecule has 1 aromatic carbocycles. The molecule has 0 aliphatic rings. The maximum Gasteiger partial charge on any atom is 0.267 e. The summed E-state index contributed by atoms with van der Waals surface area (Å²) in [6, 6.07) is 11.1. The maximum absolute atomic E-state index is 5.99. The molecule has 3 aromatic heterocycles. The van der Waals surface area contributed by atoms with E-state index < -0.39 is 0 Å². The van der Waals surface area contributed by atoms with Crippen LogP contribution in [-0.4, -0.2) is 15.0 Å². The van der Waals surface area contributed by atoms with E-state index in [0.29, 0.717) is 22.7 Å². The number of aromatic nitrogens is 3. The van der Waals surface area contributed by atoms with Crippen molar-refractivity contribution >= 4 is 33.7 Å². The van der Waals surface area contributed by atoms with E-state index in [1.54, 1.807) is 18.3 Å². The molecule has 0 saturated carbocycles. The van der Waals surface area contributed by atoms with Gasteiger partial charge in [0.15, 0.2) is 10.9 Å². The molecule has 0 atom stereocenters. The Hall–Kier alpha value is -2.66. The van der Waals surface area contributed by atoms with E-state index in [1.807, 2.05) is 24.3 Å². The molecule has 3 heterocycles. The van der Waals surface area contributed by atoms with E-state index in [2.05, 4.69) is 15.0 Å². The van der Waals surface area contributed by atoms with Crippen LogP contribution in [0.5, 0.6) is 11.6 Å². The Balaban J connectivity index is 1.91. The molecule has 21 heavy (non-hydrogen) atoms. The van der Waals surface area contributed by atoms with Gasteiger partial charge in [-0.15, -0.1) is 0 Å². The van der Waals surface area contributed by atoms with E-state index >= 15 is 0 Å². The molecule has 0 unspecified atom stereocenters. The summed E-state index contributed by atoms with van der Waals surface area (Å²) in [5, 5.41) is 1.18. The van der Waals surface area contributed by atoms with Gasteiger partial charge in [0.2, 0.25) is 5.58 Å². The van der Waals surface area contributed by atoms with Crippen molar-refractivity contribution in [3.63, 3.8) is 0 Å². The lowest BCUT2D eigenvalue weighted by Crippen LogP contribution is -1.91. The minimum atomic E-state index is 0.264. The van der Waals surface area contributed by atoms with Gasteiger partial charge < -0.3 is 9.15 Å². The third-order valence-electron chi connectivity index (χ3n) is 3.06. The van der Waals surface area contributed by atoms with Crippen LogP contribution < -0.4 is 4.74 Å². The van der Waals surface area contributed by atoms with Gasteiger partial charge in [-0.25, -0.2) is 9.97 Å². The molecule has 0 N–H and O–H groups in total. The molecule has 0 aliphatic carbocycles.